The molecule has 1 unspecified atom stereocenters. The van der Waals surface area contributed by atoms with Gasteiger partial charge >= 0.3 is 0 Å². The number of nitrogen functional groups attached to an aromatic ring is 1. The largest absolute Gasteiger partial charge is 0.399 e. The molecule has 3 aromatic rings. The number of anilines is 1. The number of carbonyl (C=O) groups excluding carboxylic acids is 2. The van der Waals surface area contributed by atoms with Crippen molar-refractivity contribution in [3.8, 4) is 0 Å². The number of hydrogen-bond donors (Lipinski definition) is 2. The molecule has 1 atom stereocenters. The highest BCUT2D eigenvalue weighted by atomic mass is 16.1. The fourth-order valence-corrected chi connectivity index (χ4v) is 2.62. The molecular weight excluding hydrogens is 480 g/mol. The van der Waals surface area contributed by atoms with Crippen molar-refractivity contribution in [3.63, 3.8) is 0 Å². The van der Waals surface area contributed by atoms with Crippen molar-refractivity contribution in [2.24, 2.45) is 5.92 Å². The molecule has 0 fully saturated rings. The average Bonchev–Trinajstić information content (AvgIpc) is 3.47. The lowest BCUT2D eigenvalue weighted by molar-refractivity contribution is -0.108. The highest BCUT2D eigenvalue weighted by Gasteiger charge is 1.93. The fraction of sp³-hybridized carbons (Fsp3) is 0.429. The Bertz CT molecular complexity index is 897. The van der Waals surface area contributed by atoms with Crippen molar-refractivity contribution < 1.29 is 9.59 Å². The van der Waals surface area contributed by atoms with E-state index in [1.165, 1.54) is 41.5 Å². The second-order valence-corrected chi connectivity index (χ2v) is 8.80. The summed E-state index contributed by atoms with van der Waals surface area (Å²) < 4.78 is 0. The van der Waals surface area contributed by atoms with E-state index in [9.17, 15) is 4.79 Å². The number of aromatic amines is 1. The Labute approximate surface area is 240 Å². The topological polar surface area (TPSA) is 75.9 Å². The molecule has 1 aromatic heterocycles. The monoisotopic (exact) mass is 536 g/mol. The second kappa shape index (κ2) is 30.8. The van der Waals surface area contributed by atoms with E-state index in [0.29, 0.717) is 5.92 Å². The van der Waals surface area contributed by atoms with Gasteiger partial charge in [-0.15, -0.1) is 0 Å². The molecule has 3 rings (SSSR count). The number of nitrogens with one attached hydrogen (secondary N) is 1. The molecule has 0 bridgehead atoms. The number of benzene rings is 2. The number of H-pyrrole nitrogens is 1. The second-order valence-electron chi connectivity index (χ2n) is 8.80. The number of aldehydes is 1. The van der Waals surface area contributed by atoms with Gasteiger partial charge in [-0.25, -0.2) is 0 Å². The van der Waals surface area contributed by atoms with Gasteiger partial charge in [0, 0.05) is 24.5 Å². The van der Waals surface area contributed by atoms with E-state index in [0.717, 1.165) is 31.2 Å². The van der Waals surface area contributed by atoms with E-state index >= 15 is 0 Å². The maximum atomic E-state index is 9.77. The minimum Gasteiger partial charge on any atom is -0.399 e. The third-order valence-corrected chi connectivity index (χ3v) is 5.37. The van der Waals surface area contributed by atoms with Crippen LogP contribution >= 0.6 is 0 Å². The van der Waals surface area contributed by atoms with Gasteiger partial charge in [0.1, 0.15) is 13.1 Å². The van der Waals surface area contributed by atoms with Gasteiger partial charge in [-0.2, -0.15) is 0 Å². The predicted octanol–water partition coefficient (Wildman–Crippen LogP) is 9.98. The molecule has 0 aliphatic rings. The summed E-state index contributed by atoms with van der Waals surface area (Å²) in [4.78, 5) is 20.7. The van der Waals surface area contributed by atoms with Crippen LogP contribution in [0.4, 0.5) is 5.69 Å². The Kier molecular flexibility index (Phi) is 31.7. The molecule has 0 spiro atoms. The standard InChI is InChI=1S/C17H19N.C6H12O.C5H7N.C4H10.C2H6.CH2O/c1-2-3-14-4-6-15(7-5-14)8-9-16-10-12-17(18)13-11-16;1-3-6(2)4-5-7;1-5-2-3-6-4-5;1-3-4-2;2*1-2/h4-13H,2-3,18H2,1H3;5-6H,3-4H2,1-2H3;2-4,6H,1H3;3-4H2,1-2H3;1-2H3;1H2/b9-8+;;;;;. The summed E-state index contributed by atoms with van der Waals surface area (Å²) >= 11 is 0. The van der Waals surface area contributed by atoms with E-state index in [-0.39, 0.29) is 0 Å². The minimum atomic E-state index is 0.581. The Hall–Kier alpha value is -3.40. The van der Waals surface area contributed by atoms with Crippen molar-refractivity contribution in [2.75, 3.05) is 5.73 Å². The number of rotatable bonds is 8. The van der Waals surface area contributed by atoms with Gasteiger partial charge in [-0.1, -0.05) is 123 Å². The number of aromatic nitrogens is 1. The summed E-state index contributed by atoms with van der Waals surface area (Å²) in [6.45, 7) is 18.8. The molecule has 0 aliphatic heterocycles. The van der Waals surface area contributed by atoms with Crippen LogP contribution in [-0.2, 0) is 16.0 Å². The van der Waals surface area contributed by atoms with Crippen LogP contribution < -0.4 is 5.73 Å². The van der Waals surface area contributed by atoms with Gasteiger partial charge in [0.05, 0.1) is 0 Å². The zero-order valence-electron chi connectivity index (χ0n) is 26.0. The van der Waals surface area contributed by atoms with E-state index in [1.54, 1.807) is 0 Å². The van der Waals surface area contributed by atoms with Gasteiger partial charge in [-0.05, 0) is 59.7 Å². The smallest absolute Gasteiger partial charge is 0.120 e. The number of nitrogens with two attached hydrogens (primary N) is 1. The molecular formula is C35H56N2O2. The van der Waals surface area contributed by atoms with Crippen LogP contribution in [0.2, 0.25) is 0 Å². The lowest BCUT2D eigenvalue weighted by atomic mass is 10.1. The first-order valence-electron chi connectivity index (χ1n) is 14.3. The van der Waals surface area contributed by atoms with Crippen molar-refractivity contribution in [2.45, 2.75) is 93.9 Å². The van der Waals surface area contributed by atoms with Crippen LogP contribution in [-0.4, -0.2) is 18.1 Å². The molecule has 0 saturated heterocycles. The van der Waals surface area contributed by atoms with Crippen LogP contribution in [0.25, 0.3) is 12.2 Å². The average molecular weight is 537 g/mol. The third-order valence-electron chi connectivity index (χ3n) is 5.37. The van der Waals surface area contributed by atoms with Gasteiger partial charge in [0.2, 0.25) is 0 Å². The highest BCUT2D eigenvalue weighted by molar-refractivity contribution is 5.70. The Morgan fingerprint density at radius 1 is 0.821 bits per heavy atom. The van der Waals surface area contributed by atoms with Gasteiger partial charge in [0.25, 0.3) is 0 Å². The maximum absolute atomic E-state index is 9.77. The molecule has 0 amide bonds. The quantitative estimate of drug-likeness (QED) is 0.171. The Balaban J connectivity index is -0.000000509. The SMILES string of the molecule is C=O.CC.CCC(C)CC=O.CCCC.CCCc1ccc(/C=C/c2ccc(N)cc2)cc1.Cc1cc[nH]c1. The molecule has 0 aliphatic carbocycles. The minimum absolute atomic E-state index is 0.581. The van der Waals surface area contributed by atoms with Gasteiger partial charge < -0.3 is 20.3 Å². The maximum Gasteiger partial charge on any atom is 0.120 e. The summed E-state index contributed by atoms with van der Waals surface area (Å²) in [5, 5.41) is 0. The summed E-state index contributed by atoms with van der Waals surface area (Å²) in [7, 11) is 0. The lowest BCUT2D eigenvalue weighted by Gasteiger charge is -1.99. The summed E-state index contributed by atoms with van der Waals surface area (Å²) in [6.07, 6.45) is 15.9. The molecule has 0 radical (unpaired) electrons. The molecule has 4 heteroatoms. The summed E-state index contributed by atoms with van der Waals surface area (Å²) in [5.74, 6) is 0.581. The molecule has 3 N–H and O–H groups in total. The molecule has 4 nitrogen and oxygen atoms in total. The predicted molar refractivity (Wildman–Crippen MR) is 175 cm³/mol. The first-order valence-corrected chi connectivity index (χ1v) is 14.3. The third kappa shape index (κ3) is 26.0. The van der Waals surface area contributed by atoms with Crippen LogP contribution in [0.5, 0.6) is 0 Å². The Morgan fingerprint density at radius 3 is 1.59 bits per heavy atom. The van der Waals surface area contributed by atoms with Gasteiger partial charge in [-0.3, -0.25) is 0 Å². The van der Waals surface area contributed by atoms with Crippen molar-refractivity contribution in [1.82, 2.24) is 4.98 Å². The van der Waals surface area contributed by atoms with E-state index in [1.807, 2.05) is 63.4 Å². The number of hydrogen-bond acceptors (Lipinski definition) is 3. The van der Waals surface area contributed by atoms with Crippen LogP contribution in [0.15, 0.2) is 67.0 Å². The summed E-state index contributed by atoms with van der Waals surface area (Å²) in [5.41, 5.74) is 11.5. The lowest BCUT2D eigenvalue weighted by Crippen LogP contribution is -1.90. The fourth-order valence-electron chi connectivity index (χ4n) is 2.62. The van der Waals surface area contributed by atoms with E-state index < -0.39 is 0 Å². The molecule has 0 saturated carbocycles. The highest BCUT2D eigenvalue weighted by Crippen LogP contribution is 2.12. The van der Waals surface area contributed by atoms with Crippen LogP contribution in [0.3, 0.4) is 0 Å². The van der Waals surface area contributed by atoms with Crippen molar-refractivity contribution in [3.05, 3.63) is 89.2 Å². The zero-order chi connectivity index (χ0) is 30.3. The van der Waals surface area contributed by atoms with E-state index in [2.05, 4.69) is 82.9 Å². The molecule has 39 heavy (non-hydrogen) atoms. The van der Waals surface area contributed by atoms with Crippen molar-refractivity contribution in [1.29, 1.82) is 0 Å². The number of carbonyl (C=O) groups is 2. The first-order chi connectivity index (χ1) is 18.9. The van der Waals surface area contributed by atoms with Gasteiger partial charge in [0.15, 0.2) is 0 Å². The number of aryl methyl sites for hydroxylation is 2. The zero-order valence-corrected chi connectivity index (χ0v) is 26.0. The summed E-state index contributed by atoms with van der Waals surface area (Å²) in [6, 6.07) is 18.7. The molecule has 1 heterocycles. The molecule has 2 aromatic carbocycles. The van der Waals surface area contributed by atoms with Crippen LogP contribution in [0, 0.1) is 12.8 Å². The Morgan fingerprint density at radius 2 is 1.31 bits per heavy atom. The normalized spacial score (nSPS) is 9.85. The van der Waals surface area contributed by atoms with Crippen molar-refractivity contribution >= 4 is 30.9 Å². The number of unbranched alkanes of at least 4 members (excludes halogenated alkanes) is 1. The molecule has 218 valence electrons. The van der Waals surface area contributed by atoms with Crippen LogP contribution in [0.1, 0.15) is 103 Å². The first kappa shape index (κ1) is 40.1. The van der Waals surface area contributed by atoms with E-state index in [4.69, 9.17) is 10.5 Å².